The minimum absolute atomic E-state index is 0.0184. The third-order valence-corrected chi connectivity index (χ3v) is 6.50. The van der Waals surface area contributed by atoms with Gasteiger partial charge in [-0.25, -0.2) is 22.9 Å². The Morgan fingerprint density at radius 2 is 2.00 bits per heavy atom. The first-order valence-electron chi connectivity index (χ1n) is 5.97. The van der Waals surface area contributed by atoms with Crippen molar-refractivity contribution in [1.82, 2.24) is 9.71 Å². The summed E-state index contributed by atoms with van der Waals surface area (Å²) in [6.07, 6.45) is 0. The van der Waals surface area contributed by atoms with Crippen molar-refractivity contribution in [1.29, 1.82) is 0 Å². The molecular weight excluding hydrogens is 332 g/mol. The van der Waals surface area contributed by atoms with Crippen LogP contribution in [-0.2, 0) is 16.6 Å². The molecule has 0 saturated carbocycles. The van der Waals surface area contributed by atoms with Gasteiger partial charge in [0.25, 0.3) is 0 Å². The first-order chi connectivity index (χ1) is 9.70. The van der Waals surface area contributed by atoms with E-state index < -0.39 is 16.0 Å². The number of thiazole rings is 1. The lowest BCUT2D eigenvalue weighted by atomic mass is 10.4. The van der Waals surface area contributed by atoms with E-state index >= 15 is 0 Å². The van der Waals surface area contributed by atoms with Gasteiger partial charge in [-0.3, -0.25) is 0 Å². The Bertz CT molecular complexity index is 790. The molecular formula is C12H14N2O4S3. The van der Waals surface area contributed by atoms with Gasteiger partial charge in [-0.15, -0.1) is 22.7 Å². The number of sulfonamides is 1. The Kier molecular flexibility index (Phi) is 4.47. The fourth-order valence-electron chi connectivity index (χ4n) is 1.84. The molecule has 0 aliphatic heterocycles. The van der Waals surface area contributed by atoms with Crippen molar-refractivity contribution < 1.29 is 18.3 Å². The van der Waals surface area contributed by atoms with E-state index in [4.69, 9.17) is 5.11 Å². The Morgan fingerprint density at radius 3 is 2.48 bits per heavy atom. The molecule has 0 fully saturated rings. The summed E-state index contributed by atoms with van der Waals surface area (Å²) in [5.41, 5.74) is 0.393. The topological polar surface area (TPSA) is 96.4 Å². The van der Waals surface area contributed by atoms with Crippen LogP contribution in [0, 0.1) is 20.8 Å². The largest absolute Gasteiger partial charge is 0.477 e. The Morgan fingerprint density at radius 1 is 1.33 bits per heavy atom. The van der Waals surface area contributed by atoms with E-state index in [0.717, 1.165) is 21.1 Å². The van der Waals surface area contributed by atoms with Gasteiger partial charge >= 0.3 is 5.97 Å². The molecule has 0 saturated heterocycles. The summed E-state index contributed by atoms with van der Waals surface area (Å²) in [6.45, 7) is 5.17. The number of rotatable bonds is 5. The van der Waals surface area contributed by atoms with Crippen molar-refractivity contribution in [3.8, 4) is 0 Å². The summed E-state index contributed by atoms with van der Waals surface area (Å²) in [5.74, 6) is -1.05. The zero-order valence-electron chi connectivity index (χ0n) is 11.6. The van der Waals surface area contributed by atoms with Crippen molar-refractivity contribution in [2.45, 2.75) is 32.2 Å². The summed E-state index contributed by atoms with van der Waals surface area (Å²) >= 11 is 2.40. The number of aromatic carboxylic acids is 1. The van der Waals surface area contributed by atoms with Crippen LogP contribution >= 0.6 is 22.7 Å². The van der Waals surface area contributed by atoms with E-state index in [-0.39, 0.29) is 16.3 Å². The average Bonchev–Trinajstić information content (AvgIpc) is 2.90. The fraction of sp³-hybridized carbons (Fsp3) is 0.333. The van der Waals surface area contributed by atoms with E-state index in [2.05, 4.69) is 9.71 Å². The second-order valence-corrected chi connectivity index (χ2v) is 8.71. The number of carbonyl (C=O) groups is 1. The van der Waals surface area contributed by atoms with Gasteiger partial charge in [-0.2, -0.15) is 0 Å². The standard InChI is InChI=1S/C12H14N2O4S3/c1-6-4-9(8(3)19-6)21(17,18)13-5-10-14-7(2)11(20-10)12(15)16/h4,13H,5H2,1-3H3,(H,15,16). The van der Waals surface area contributed by atoms with Crippen molar-refractivity contribution in [3.05, 3.63) is 31.4 Å². The molecule has 6 nitrogen and oxygen atoms in total. The van der Waals surface area contributed by atoms with E-state index in [0.29, 0.717) is 10.7 Å². The maximum Gasteiger partial charge on any atom is 0.347 e. The number of carboxylic acids is 1. The molecule has 0 unspecified atom stereocenters. The quantitative estimate of drug-likeness (QED) is 0.866. The number of thiophene rings is 1. The number of aryl methyl sites for hydroxylation is 3. The molecule has 0 spiro atoms. The average molecular weight is 346 g/mol. The van der Waals surface area contributed by atoms with Gasteiger partial charge in [0.2, 0.25) is 10.0 Å². The van der Waals surface area contributed by atoms with Crippen molar-refractivity contribution in [3.63, 3.8) is 0 Å². The third kappa shape index (κ3) is 3.49. The number of hydrogen-bond donors (Lipinski definition) is 2. The highest BCUT2D eigenvalue weighted by atomic mass is 32.2. The van der Waals surface area contributed by atoms with Crippen LogP contribution in [0.3, 0.4) is 0 Å². The van der Waals surface area contributed by atoms with Gasteiger partial charge in [0.05, 0.1) is 17.1 Å². The maximum atomic E-state index is 12.2. The van der Waals surface area contributed by atoms with Crippen LogP contribution in [0.5, 0.6) is 0 Å². The molecule has 0 bridgehead atoms. The lowest BCUT2D eigenvalue weighted by molar-refractivity contribution is 0.0701. The van der Waals surface area contributed by atoms with Gasteiger partial charge in [0.15, 0.2) is 0 Å². The van der Waals surface area contributed by atoms with Crippen LogP contribution in [0.15, 0.2) is 11.0 Å². The van der Waals surface area contributed by atoms with Gasteiger partial charge in [0.1, 0.15) is 9.88 Å². The van der Waals surface area contributed by atoms with E-state index in [1.807, 2.05) is 6.92 Å². The molecule has 0 atom stereocenters. The SMILES string of the molecule is Cc1cc(S(=O)(=O)NCc2nc(C)c(C(=O)O)s2)c(C)s1. The van der Waals surface area contributed by atoms with Gasteiger partial charge in [0, 0.05) is 9.75 Å². The third-order valence-electron chi connectivity index (χ3n) is 2.73. The van der Waals surface area contributed by atoms with Crippen LogP contribution in [0.25, 0.3) is 0 Å². The molecule has 0 aromatic carbocycles. The first-order valence-corrected chi connectivity index (χ1v) is 9.08. The minimum atomic E-state index is -3.61. The van der Waals surface area contributed by atoms with Crippen LogP contribution in [0.4, 0.5) is 0 Å². The fourth-order valence-corrected chi connectivity index (χ4v) is 5.31. The molecule has 0 aliphatic rings. The molecule has 2 aromatic rings. The predicted molar refractivity (Wildman–Crippen MR) is 81.6 cm³/mol. The second kappa shape index (κ2) is 5.84. The molecule has 2 aromatic heterocycles. The highest BCUT2D eigenvalue weighted by molar-refractivity contribution is 7.89. The summed E-state index contributed by atoms with van der Waals surface area (Å²) in [4.78, 5) is 17.0. The van der Waals surface area contributed by atoms with Crippen LogP contribution in [0.2, 0.25) is 0 Å². The minimum Gasteiger partial charge on any atom is -0.477 e. The molecule has 2 heterocycles. The summed E-state index contributed by atoms with van der Waals surface area (Å²) < 4.78 is 26.9. The zero-order chi connectivity index (χ0) is 15.8. The molecule has 2 rings (SSSR count). The van der Waals surface area contributed by atoms with Gasteiger partial charge in [-0.05, 0) is 26.8 Å². The van der Waals surface area contributed by atoms with Crippen molar-refractivity contribution in [2.24, 2.45) is 0 Å². The predicted octanol–water partition coefficient (Wildman–Crippen LogP) is 2.31. The monoisotopic (exact) mass is 346 g/mol. The number of hydrogen-bond acceptors (Lipinski definition) is 6. The number of carboxylic acid groups (broad SMARTS) is 1. The number of aromatic nitrogens is 1. The lowest BCUT2D eigenvalue weighted by Gasteiger charge is -2.04. The molecule has 0 aliphatic carbocycles. The Hall–Kier alpha value is -1.29. The highest BCUT2D eigenvalue weighted by Crippen LogP contribution is 2.25. The normalized spacial score (nSPS) is 11.8. The molecule has 9 heteroatoms. The Labute approximate surface area is 130 Å². The lowest BCUT2D eigenvalue weighted by Crippen LogP contribution is -2.23. The maximum absolute atomic E-state index is 12.2. The zero-order valence-corrected chi connectivity index (χ0v) is 14.1. The smallest absolute Gasteiger partial charge is 0.347 e. The molecule has 2 N–H and O–H groups in total. The molecule has 21 heavy (non-hydrogen) atoms. The number of nitrogens with zero attached hydrogens (tertiary/aromatic N) is 1. The second-order valence-electron chi connectivity index (χ2n) is 4.43. The summed E-state index contributed by atoms with van der Waals surface area (Å²) in [6, 6.07) is 1.62. The Balaban J connectivity index is 2.17. The van der Waals surface area contributed by atoms with Crippen molar-refractivity contribution in [2.75, 3.05) is 0 Å². The summed E-state index contributed by atoms with van der Waals surface area (Å²) in [7, 11) is -3.61. The molecule has 0 radical (unpaired) electrons. The first kappa shape index (κ1) is 16.1. The van der Waals surface area contributed by atoms with E-state index in [1.165, 1.54) is 11.3 Å². The van der Waals surface area contributed by atoms with Crippen LogP contribution in [-0.4, -0.2) is 24.5 Å². The van der Waals surface area contributed by atoms with E-state index in [9.17, 15) is 13.2 Å². The molecule has 0 amide bonds. The summed E-state index contributed by atoms with van der Waals surface area (Å²) in [5, 5.41) is 9.39. The van der Waals surface area contributed by atoms with Gasteiger partial charge in [-0.1, -0.05) is 0 Å². The highest BCUT2D eigenvalue weighted by Gasteiger charge is 2.20. The van der Waals surface area contributed by atoms with Crippen molar-refractivity contribution >= 4 is 38.7 Å². The van der Waals surface area contributed by atoms with Crippen LogP contribution < -0.4 is 4.72 Å². The van der Waals surface area contributed by atoms with Crippen LogP contribution in [0.1, 0.15) is 30.1 Å². The molecule has 114 valence electrons. The number of nitrogens with one attached hydrogen (secondary N) is 1. The van der Waals surface area contributed by atoms with Gasteiger partial charge < -0.3 is 5.11 Å². The van der Waals surface area contributed by atoms with E-state index in [1.54, 1.807) is 19.9 Å².